The molecule has 0 bridgehead atoms. The van der Waals surface area contributed by atoms with Gasteiger partial charge in [-0.05, 0) is 42.0 Å². The van der Waals surface area contributed by atoms with Crippen molar-refractivity contribution >= 4 is 17.9 Å². The predicted octanol–water partition coefficient (Wildman–Crippen LogP) is 1.94. The van der Waals surface area contributed by atoms with Crippen molar-refractivity contribution in [2.24, 2.45) is 10.7 Å². The van der Waals surface area contributed by atoms with E-state index < -0.39 is 6.10 Å². The smallest absolute Gasteiger partial charge is 0.338 e. The molecule has 8 heteroatoms. The summed E-state index contributed by atoms with van der Waals surface area (Å²) in [6.45, 7) is 2.90. The van der Waals surface area contributed by atoms with Crippen LogP contribution in [-0.2, 0) is 11.3 Å². The van der Waals surface area contributed by atoms with Crippen LogP contribution in [0.1, 0.15) is 33.2 Å². The van der Waals surface area contributed by atoms with Gasteiger partial charge in [0.05, 0.1) is 24.5 Å². The van der Waals surface area contributed by atoms with Crippen LogP contribution in [0.3, 0.4) is 0 Å². The van der Waals surface area contributed by atoms with Crippen molar-refractivity contribution in [3.05, 3.63) is 64.5 Å². The zero-order chi connectivity index (χ0) is 20.8. The van der Waals surface area contributed by atoms with E-state index in [1.165, 1.54) is 6.20 Å². The maximum Gasteiger partial charge on any atom is 0.338 e. The Bertz CT molecular complexity index is 956. The number of pyridine rings is 1. The number of nitrogens with one attached hydrogen (secondary N) is 1. The summed E-state index contributed by atoms with van der Waals surface area (Å²) in [5.41, 5.74) is 10.2. The van der Waals surface area contributed by atoms with Gasteiger partial charge in [-0.15, -0.1) is 0 Å². The summed E-state index contributed by atoms with van der Waals surface area (Å²) in [5, 5.41) is 13.7. The highest BCUT2D eigenvalue weighted by Crippen LogP contribution is 2.28. The number of aliphatic hydroxyl groups excluding tert-OH is 1. The van der Waals surface area contributed by atoms with Crippen LogP contribution in [-0.4, -0.2) is 42.5 Å². The Morgan fingerprint density at radius 3 is 3.07 bits per heavy atom. The summed E-state index contributed by atoms with van der Waals surface area (Å²) >= 11 is 0. The van der Waals surface area contributed by atoms with Crippen molar-refractivity contribution in [3.63, 3.8) is 0 Å². The van der Waals surface area contributed by atoms with Gasteiger partial charge in [-0.3, -0.25) is 4.99 Å². The first kappa shape index (κ1) is 20.5. The lowest BCUT2D eigenvalue weighted by molar-refractivity contribution is 0.0535. The molecule has 1 aliphatic heterocycles. The van der Waals surface area contributed by atoms with Gasteiger partial charge in [0, 0.05) is 37.1 Å². The number of carbonyl (C=O) groups excluding carboxylic acids is 1. The highest BCUT2D eigenvalue weighted by Gasteiger charge is 2.25. The molecule has 0 aliphatic carbocycles. The molecule has 4 N–H and O–H groups in total. The standard InChI is InChI=1S/C21H24N4O4/c1-13-16(3-4-17-18(13)12-29-21(17)27)19(26)11-23-9-14(8-22)10-25-15-5-6-24-20(7-15)28-2/h3-8,10,19,23,26H,9,11-12,22H2,1-2H3/t19-/m0/s1. The van der Waals surface area contributed by atoms with Crippen molar-refractivity contribution in [2.45, 2.75) is 19.6 Å². The first-order chi connectivity index (χ1) is 14.0. The van der Waals surface area contributed by atoms with E-state index in [4.69, 9.17) is 15.2 Å². The molecular weight excluding hydrogens is 372 g/mol. The largest absolute Gasteiger partial charge is 0.481 e. The molecule has 2 heterocycles. The molecule has 0 radical (unpaired) electrons. The molecule has 0 amide bonds. The van der Waals surface area contributed by atoms with E-state index in [-0.39, 0.29) is 12.6 Å². The number of aliphatic hydroxyl groups is 1. The number of benzene rings is 1. The first-order valence-corrected chi connectivity index (χ1v) is 9.16. The molecule has 0 unspecified atom stereocenters. The molecule has 0 fully saturated rings. The number of hydrogen-bond donors (Lipinski definition) is 3. The quantitative estimate of drug-likeness (QED) is 0.461. The van der Waals surface area contributed by atoms with Gasteiger partial charge in [-0.1, -0.05) is 6.07 Å². The Balaban J connectivity index is 1.57. The van der Waals surface area contributed by atoms with Crippen LogP contribution in [0.15, 0.2) is 47.2 Å². The second-order valence-corrected chi connectivity index (χ2v) is 6.58. The lowest BCUT2D eigenvalue weighted by Crippen LogP contribution is -2.25. The molecule has 0 spiro atoms. The summed E-state index contributed by atoms with van der Waals surface area (Å²) in [5.74, 6) is 0.169. The van der Waals surface area contributed by atoms with E-state index >= 15 is 0 Å². The Labute approximate surface area is 169 Å². The molecule has 8 nitrogen and oxygen atoms in total. The average molecular weight is 396 g/mol. The van der Waals surface area contributed by atoms with E-state index in [0.717, 1.165) is 22.3 Å². The van der Waals surface area contributed by atoms with Crippen molar-refractivity contribution < 1.29 is 19.4 Å². The number of nitrogens with two attached hydrogens (primary N) is 1. The Kier molecular flexibility index (Phi) is 6.58. The van der Waals surface area contributed by atoms with Crippen LogP contribution in [0.2, 0.25) is 0 Å². The number of carbonyl (C=O) groups is 1. The molecule has 0 saturated heterocycles. The second-order valence-electron chi connectivity index (χ2n) is 6.58. The number of esters is 1. The van der Waals surface area contributed by atoms with Gasteiger partial charge in [0.25, 0.3) is 0 Å². The molecule has 3 rings (SSSR count). The van der Waals surface area contributed by atoms with Crippen molar-refractivity contribution in [1.29, 1.82) is 0 Å². The summed E-state index contributed by atoms with van der Waals surface area (Å²) < 4.78 is 10.1. The highest BCUT2D eigenvalue weighted by molar-refractivity contribution is 5.94. The highest BCUT2D eigenvalue weighted by atomic mass is 16.5. The molecule has 1 aliphatic rings. The summed E-state index contributed by atoms with van der Waals surface area (Å²) in [4.78, 5) is 20.0. The van der Waals surface area contributed by atoms with E-state index in [1.54, 1.807) is 43.8 Å². The van der Waals surface area contributed by atoms with E-state index in [0.29, 0.717) is 30.2 Å². The molecule has 1 aromatic carbocycles. The molecule has 29 heavy (non-hydrogen) atoms. The van der Waals surface area contributed by atoms with Gasteiger partial charge >= 0.3 is 5.97 Å². The molecule has 2 aromatic rings. The van der Waals surface area contributed by atoms with Crippen LogP contribution in [0.25, 0.3) is 0 Å². The number of aromatic nitrogens is 1. The van der Waals surface area contributed by atoms with Crippen molar-refractivity contribution in [2.75, 3.05) is 20.2 Å². The lowest BCUT2D eigenvalue weighted by atomic mass is 9.95. The fraction of sp³-hybridized carbons (Fsp3) is 0.286. The van der Waals surface area contributed by atoms with Crippen LogP contribution < -0.4 is 15.8 Å². The predicted molar refractivity (Wildman–Crippen MR) is 109 cm³/mol. The Morgan fingerprint density at radius 1 is 1.48 bits per heavy atom. The summed E-state index contributed by atoms with van der Waals surface area (Å²) in [7, 11) is 1.55. The van der Waals surface area contributed by atoms with Gasteiger partial charge < -0.3 is 25.6 Å². The van der Waals surface area contributed by atoms with E-state index in [2.05, 4.69) is 15.3 Å². The van der Waals surface area contributed by atoms with E-state index in [9.17, 15) is 9.90 Å². The van der Waals surface area contributed by atoms with Crippen LogP contribution in [0.4, 0.5) is 5.69 Å². The van der Waals surface area contributed by atoms with Gasteiger partial charge in [0.1, 0.15) is 6.61 Å². The van der Waals surface area contributed by atoms with Crippen LogP contribution in [0.5, 0.6) is 5.88 Å². The third-order valence-electron chi connectivity index (χ3n) is 4.75. The van der Waals surface area contributed by atoms with Gasteiger partial charge in [0.15, 0.2) is 0 Å². The maximum absolute atomic E-state index is 11.6. The fourth-order valence-electron chi connectivity index (χ4n) is 3.09. The minimum atomic E-state index is -0.726. The van der Waals surface area contributed by atoms with E-state index in [1.807, 2.05) is 6.92 Å². The maximum atomic E-state index is 11.6. The zero-order valence-corrected chi connectivity index (χ0v) is 16.4. The normalized spacial score (nSPS) is 14.7. The fourth-order valence-corrected chi connectivity index (χ4v) is 3.09. The van der Waals surface area contributed by atoms with Gasteiger partial charge in [0.2, 0.25) is 5.88 Å². The van der Waals surface area contributed by atoms with Crippen LogP contribution in [0, 0.1) is 6.92 Å². The minimum Gasteiger partial charge on any atom is -0.481 e. The van der Waals surface area contributed by atoms with Crippen LogP contribution >= 0.6 is 0 Å². The number of methoxy groups -OCH3 is 1. The number of hydrogen-bond acceptors (Lipinski definition) is 8. The monoisotopic (exact) mass is 396 g/mol. The summed E-state index contributed by atoms with van der Waals surface area (Å²) in [6, 6.07) is 6.95. The topological polar surface area (TPSA) is 119 Å². The summed E-state index contributed by atoms with van der Waals surface area (Å²) in [6.07, 6.45) is 4.00. The van der Waals surface area contributed by atoms with Crippen molar-refractivity contribution in [3.8, 4) is 5.88 Å². The number of ether oxygens (including phenoxy) is 2. The molecule has 1 atom stereocenters. The minimum absolute atomic E-state index is 0.254. The van der Waals surface area contributed by atoms with Crippen molar-refractivity contribution in [1.82, 2.24) is 10.3 Å². The Hall–Kier alpha value is -3.23. The van der Waals surface area contributed by atoms with Gasteiger partial charge in [-0.2, -0.15) is 0 Å². The average Bonchev–Trinajstić information content (AvgIpc) is 3.12. The number of cyclic esters (lactones) is 1. The second kappa shape index (κ2) is 9.31. The zero-order valence-electron chi connectivity index (χ0n) is 16.4. The van der Waals surface area contributed by atoms with Gasteiger partial charge in [-0.25, -0.2) is 9.78 Å². The molecular formula is C21H24N4O4. The third-order valence-corrected chi connectivity index (χ3v) is 4.75. The molecule has 0 saturated carbocycles. The number of aliphatic imine (C=N–C) groups is 1. The third kappa shape index (κ3) is 4.79. The number of rotatable bonds is 8. The number of nitrogens with zero attached hydrogens (tertiary/aromatic N) is 2. The molecule has 152 valence electrons. The first-order valence-electron chi connectivity index (χ1n) is 9.16. The Morgan fingerprint density at radius 2 is 2.31 bits per heavy atom. The molecule has 1 aromatic heterocycles. The number of fused-ring (bicyclic) bond motifs is 1. The SMILES string of the molecule is COc1cc(N=CC(=CN)CNC[C@H](O)c2ccc3c(c2C)COC3=O)ccn1. The lowest BCUT2D eigenvalue weighted by Gasteiger charge is -2.16.